The number of nitrogens with one attached hydrogen (secondary N) is 1. The van der Waals surface area contributed by atoms with Crippen LogP contribution < -0.4 is 5.32 Å². The molecule has 0 radical (unpaired) electrons. The van der Waals surface area contributed by atoms with Gasteiger partial charge in [-0.25, -0.2) is 0 Å². The second-order valence-electron chi connectivity index (χ2n) is 6.06. The number of aromatic nitrogens is 1. The van der Waals surface area contributed by atoms with Crippen molar-refractivity contribution < 1.29 is 9.59 Å². The molecule has 0 spiro atoms. The highest BCUT2D eigenvalue weighted by atomic mass is 35.5. The molecule has 27 heavy (non-hydrogen) atoms. The van der Waals surface area contributed by atoms with E-state index in [2.05, 4.69) is 5.32 Å². The van der Waals surface area contributed by atoms with Crippen LogP contribution in [0.15, 0.2) is 85.1 Å². The van der Waals surface area contributed by atoms with E-state index in [0.717, 1.165) is 0 Å². The molecule has 1 N–H and O–H groups in total. The highest BCUT2D eigenvalue weighted by Crippen LogP contribution is 2.22. The van der Waals surface area contributed by atoms with Crippen LogP contribution in [0.4, 0.5) is 5.69 Å². The number of para-hydroxylation sites is 1. The van der Waals surface area contributed by atoms with Gasteiger partial charge in [0.05, 0.1) is 16.8 Å². The van der Waals surface area contributed by atoms with Crippen molar-refractivity contribution in [2.45, 2.75) is 0 Å². The average Bonchev–Trinajstić information content (AvgIpc) is 3.09. The van der Waals surface area contributed by atoms with Gasteiger partial charge in [0.1, 0.15) is 0 Å². The Balaban J connectivity index is 1.76. The number of rotatable bonds is 4. The van der Waals surface area contributed by atoms with E-state index >= 15 is 0 Å². The number of hydrogen-bond acceptors (Lipinski definition) is 2. The van der Waals surface area contributed by atoms with Gasteiger partial charge >= 0.3 is 0 Å². The van der Waals surface area contributed by atoms with Crippen LogP contribution >= 0.6 is 11.6 Å². The Morgan fingerprint density at radius 1 is 0.852 bits per heavy atom. The summed E-state index contributed by atoms with van der Waals surface area (Å²) in [5.41, 5.74) is 2.74. The van der Waals surface area contributed by atoms with Crippen LogP contribution in [-0.4, -0.2) is 16.1 Å². The molecule has 0 aliphatic rings. The zero-order valence-electron chi connectivity index (χ0n) is 14.2. The van der Waals surface area contributed by atoms with Crippen molar-refractivity contribution in [3.63, 3.8) is 0 Å². The van der Waals surface area contributed by atoms with E-state index in [9.17, 15) is 9.59 Å². The van der Waals surface area contributed by atoms with Gasteiger partial charge in [-0.15, -0.1) is 0 Å². The Morgan fingerprint density at radius 2 is 1.56 bits per heavy atom. The lowest BCUT2D eigenvalue weighted by atomic mass is 10.1. The smallest absolute Gasteiger partial charge is 0.257 e. The number of hydrogen-bond donors (Lipinski definition) is 1. The third-order valence-corrected chi connectivity index (χ3v) is 4.54. The molecule has 0 saturated carbocycles. The summed E-state index contributed by atoms with van der Waals surface area (Å²) < 4.78 is 1.73. The number of ketones is 1. The molecule has 0 aliphatic heterocycles. The zero-order valence-corrected chi connectivity index (χ0v) is 15.0. The van der Waals surface area contributed by atoms with E-state index in [1.165, 1.54) is 0 Å². The van der Waals surface area contributed by atoms with Crippen LogP contribution in [-0.2, 0) is 0 Å². The maximum Gasteiger partial charge on any atom is 0.257 e. The number of pyridine rings is 1. The van der Waals surface area contributed by atoms with Gasteiger partial charge in [-0.3, -0.25) is 9.59 Å². The van der Waals surface area contributed by atoms with E-state index in [4.69, 9.17) is 11.6 Å². The first kappa shape index (κ1) is 17.1. The minimum atomic E-state index is -0.264. The zero-order chi connectivity index (χ0) is 18.8. The molecule has 1 amide bonds. The molecule has 0 fully saturated rings. The molecule has 2 aromatic heterocycles. The molecule has 0 aliphatic carbocycles. The first-order valence-electron chi connectivity index (χ1n) is 8.40. The monoisotopic (exact) mass is 374 g/mol. The molecule has 132 valence electrons. The summed E-state index contributed by atoms with van der Waals surface area (Å²) in [4.78, 5) is 25.8. The second-order valence-corrected chi connectivity index (χ2v) is 6.49. The third-order valence-electron chi connectivity index (χ3n) is 4.29. The van der Waals surface area contributed by atoms with E-state index in [0.29, 0.717) is 33.0 Å². The second kappa shape index (κ2) is 7.09. The van der Waals surface area contributed by atoms with Gasteiger partial charge in [-0.2, -0.15) is 0 Å². The van der Waals surface area contributed by atoms with Crippen molar-refractivity contribution in [2.24, 2.45) is 0 Å². The van der Waals surface area contributed by atoms with Crippen LogP contribution in [0.25, 0.3) is 5.52 Å². The minimum Gasteiger partial charge on any atom is -0.322 e. The number of nitrogens with zero attached hydrogens (tertiary/aromatic N) is 1. The van der Waals surface area contributed by atoms with Crippen molar-refractivity contribution in [1.29, 1.82) is 0 Å². The van der Waals surface area contributed by atoms with Crippen LogP contribution in [0.5, 0.6) is 0 Å². The van der Waals surface area contributed by atoms with Crippen molar-refractivity contribution in [3.8, 4) is 0 Å². The molecule has 2 heterocycles. The molecule has 2 aromatic carbocycles. The normalized spacial score (nSPS) is 10.7. The number of halogens is 1. The Bertz CT molecular complexity index is 1130. The average molecular weight is 375 g/mol. The topological polar surface area (TPSA) is 50.6 Å². The fourth-order valence-corrected chi connectivity index (χ4v) is 3.10. The number of fused-ring (bicyclic) bond motifs is 1. The van der Waals surface area contributed by atoms with E-state index in [1.54, 1.807) is 40.9 Å². The lowest BCUT2D eigenvalue weighted by molar-refractivity contribution is 0.102. The fraction of sp³-hybridized carbons (Fsp3) is 0. The fourth-order valence-electron chi connectivity index (χ4n) is 2.98. The minimum absolute atomic E-state index is 0.174. The van der Waals surface area contributed by atoms with Crippen LogP contribution in [0.2, 0.25) is 5.02 Å². The first-order valence-corrected chi connectivity index (χ1v) is 8.78. The van der Waals surface area contributed by atoms with Gasteiger partial charge in [0.25, 0.3) is 5.91 Å². The van der Waals surface area contributed by atoms with Gasteiger partial charge in [-0.1, -0.05) is 35.9 Å². The molecule has 4 nitrogen and oxygen atoms in total. The summed E-state index contributed by atoms with van der Waals surface area (Å²) >= 11 is 5.91. The number of anilines is 1. The summed E-state index contributed by atoms with van der Waals surface area (Å²) in [5, 5.41) is 3.43. The van der Waals surface area contributed by atoms with Crippen LogP contribution in [0, 0.1) is 0 Å². The van der Waals surface area contributed by atoms with E-state index in [-0.39, 0.29) is 11.7 Å². The molecule has 0 bridgehead atoms. The summed E-state index contributed by atoms with van der Waals surface area (Å²) in [5.74, 6) is -0.438. The number of carbonyl (C=O) groups excluding carboxylic acids is 2. The summed E-state index contributed by atoms with van der Waals surface area (Å²) in [6.07, 6.45) is 1.78. The molecule has 0 saturated heterocycles. The maximum absolute atomic E-state index is 13.0. The molecule has 0 unspecified atom stereocenters. The quantitative estimate of drug-likeness (QED) is 0.506. The lowest BCUT2D eigenvalue weighted by Crippen LogP contribution is -2.11. The van der Waals surface area contributed by atoms with Gasteiger partial charge in [0, 0.05) is 22.5 Å². The molecule has 0 atom stereocenters. The van der Waals surface area contributed by atoms with Crippen molar-refractivity contribution in [1.82, 2.24) is 4.40 Å². The lowest BCUT2D eigenvalue weighted by Gasteiger charge is -2.04. The van der Waals surface area contributed by atoms with Crippen molar-refractivity contribution in [3.05, 3.63) is 107 Å². The highest BCUT2D eigenvalue weighted by Gasteiger charge is 2.20. The van der Waals surface area contributed by atoms with E-state index < -0.39 is 0 Å². The van der Waals surface area contributed by atoms with Gasteiger partial charge in [0.15, 0.2) is 0 Å². The largest absolute Gasteiger partial charge is 0.322 e. The van der Waals surface area contributed by atoms with Crippen molar-refractivity contribution >= 4 is 34.5 Å². The predicted molar refractivity (Wildman–Crippen MR) is 107 cm³/mol. The molecular weight excluding hydrogens is 360 g/mol. The van der Waals surface area contributed by atoms with Gasteiger partial charge < -0.3 is 9.72 Å². The Hall–Kier alpha value is -3.37. The number of benzene rings is 2. The van der Waals surface area contributed by atoms with Crippen LogP contribution in [0.1, 0.15) is 26.4 Å². The summed E-state index contributed by atoms with van der Waals surface area (Å²) in [6, 6.07) is 23.0. The SMILES string of the molecule is O=C(Nc1ccccc1)c1cc(C(=O)c2ccc(Cl)cc2)n2ccccc12. The van der Waals surface area contributed by atoms with Gasteiger partial charge in [-0.05, 0) is 54.6 Å². The third kappa shape index (κ3) is 3.35. The molecule has 4 rings (SSSR count). The summed E-state index contributed by atoms with van der Waals surface area (Å²) in [7, 11) is 0. The molecule has 5 heteroatoms. The Morgan fingerprint density at radius 3 is 2.30 bits per heavy atom. The predicted octanol–water partition coefficient (Wildman–Crippen LogP) is 5.08. The van der Waals surface area contributed by atoms with Crippen LogP contribution in [0.3, 0.4) is 0 Å². The molecule has 4 aromatic rings. The number of amides is 1. The standard InChI is InChI=1S/C22H15ClN2O2/c23-16-11-9-15(10-12-16)21(26)20-14-18(19-8-4-5-13-25(19)20)22(27)24-17-6-2-1-3-7-17/h1-14H,(H,24,27). The van der Waals surface area contributed by atoms with Gasteiger partial charge in [0.2, 0.25) is 5.78 Å². The highest BCUT2D eigenvalue weighted by molar-refractivity contribution is 6.30. The number of carbonyl (C=O) groups is 2. The Labute approximate surface area is 161 Å². The maximum atomic E-state index is 13.0. The van der Waals surface area contributed by atoms with Crippen molar-refractivity contribution in [2.75, 3.05) is 5.32 Å². The first-order chi connectivity index (χ1) is 13.1. The van der Waals surface area contributed by atoms with E-state index in [1.807, 2.05) is 48.5 Å². The Kier molecular flexibility index (Phi) is 4.48. The molecular formula is C22H15ClN2O2. The summed E-state index contributed by atoms with van der Waals surface area (Å²) in [6.45, 7) is 0.